The minimum Gasteiger partial charge on any atom is -0.480 e. The van der Waals surface area contributed by atoms with Gasteiger partial charge in [-0.15, -0.1) is 0 Å². The fraction of sp³-hybridized carbons (Fsp3) is 0.733. The standard InChI is InChI=1S/C15H32N9O8PS/c1-9(12(25)23-11(14(27)28)6-2-3-7-20-15(17)18)22-13(26)10(16)5-4-8-21-33(29)24(19)34(30,31)32/h9-11H,2-8,16,19H2,1H3,(H8-,17,18,20,21,22,23,25,26,27,28,29,30,31,32)/p+1/t9-,10-,11-/m0/s1. The summed E-state index contributed by atoms with van der Waals surface area (Å²) in [7, 11) is -7.64. The number of carbonyl (C=O) groups excluding carboxylic acids is 2. The average Bonchev–Trinajstić information content (AvgIpc) is 2.73. The highest BCUT2D eigenvalue weighted by Gasteiger charge is 2.35. The first-order chi connectivity index (χ1) is 15.7. The Labute approximate surface area is 197 Å². The quantitative estimate of drug-likeness (QED) is 0.0171. The lowest BCUT2D eigenvalue weighted by Crippen LogP contribution is -2.53. The number of hydrogen-bond acceptors (Lipinski definition) is 9. The molecule has 19 heteroatoms. The number of hydrogen-bond donors (Lipinski definition) is 9. The summed E-state index contributed by atoms with van der Waals surface area (Å²) in [6.45, 7) is 1.64. The summed E-state index contributed by atoms with van der Waals surface area (Å²) in [6.07, 6.45) is 1.33. The number of unbranched alkanes of at least 4 members (excludes halogenated alkanes) is 1. The molecule has 0 saturated heterocycles. The second-order valence-electron chi connectivity index (χ2n) is 7.11. The van der Waals surface area contributed by atoms with E-state index in [-0.39, 0.29) is 36.0 Å². The van der Waals surface area contributed by atoms with Gasteiger partial charge in [-0.05, 0) is 43.6 Å². The van der Waals surface area contributed by atoms with Crippen molar-refractivity contribution in [3.8, 4) is 0 Å². The molecule has 34 heavy (non-hydrogen) atoms. The third-order valence-electron chi connectivity index (χ3n) is 4.25. The highest BCUT2D eigenvalue weighted by molar-refractivity contribution is 7.87. The van der Waals surface area contributed by atoms with Crippen LogP contribution in [0.5, 0.6) is 0 Å². The zero-order valence-electron chi connectivity index (χ0n) is 18.6. The first-order valence-electron chi connectivity index (χ1n) is 10.0. The maximum absolute atomic E-state index is 12.3. The maximum atomic E-state index is 12.3. The van der Waals surface area contributed by atoms with Crippen molar-refractivity contribution in [2.24, 2.45) is 28.0 Å². The number of rotatable bonds is 17. The third kappa shape index (κ3) is 13.3. The molecule has 0 fully saturated rings. The van der Waals surface area contributed by atoms with E-state index >= 15 is 0 Å². The number of guanidine groups is 1. The Morgan fingerprint density at radius 3 is 2.24 bits per heavy atom. The van der Waals surface area contributed by atoms with Gasteiger partial charge in [-0.2, -0.15) is 8.42 Å². The number of aliphatic carboxylic acids is 1. The molecule has 0 bridgehead atoms. The summed E-state index contributed by atoms with van der Waals surface area (Å²) >= 11 is 0. The molecule has 0 spiro atoms. The molecule has 2 amide bonds. The summed E-state index contributed by atoms with van der Waals surface area (Å²) < 4.78 is 41.5. The van der Waals surface area contributed by atoms with Crippen LogP contribution < -0.4 is 38.8 Å². The number of nitrogens with one attached hydrogen (secondary N) is 3. The second kappa shape index (κ2) is 15.4. The van der Waals surface area contributed by atoms with E-state index in [9.17, 15) is 32.5 Å². The van der Waals surface area contributed by atoms with Crippen LogP contribution in [-0.2, 0) is 29.3 Å². The highest BCUT2D eigenvalue weighted by atomic mass is 32.2. The summed E-state index contributed by atoms with van der Waals surface area (Å²) in [6, 6.07) is -3.30. The molecule has 17 nitrogen and oxygen atoms in total. The molecule has 0 rings (SSSR count). The number of carboxylic acids is 1. The largest absolute Gasteiger partial charge is 0.567 e. The molecular formula is C15H33N9O8PS+. The Morgan fingerprint density at radius 1 is 1.09 bits per heavy atom. The minimum absolute atomic E-state index is 0.0427. The molecule has 0 aliphatic rings. The van der Waals surface area contributed by atoms with Crippen LogP contribution in [0.4, 0.5) is 0 Å². The van der Waals surface area contributed by atoms with E-state index in [1.165, 1.54) is 6.92 Å². The van der Waals surface area contributed by atoms with Crippen LogP contribution in [0, 0.1) is 0 Å². The fourth-order valence-electron chi connectivity index (χ4n) is 2.40. The van der Waals surface area contributed by atoms with E-state index in [4.69, 9.17) is 27.6 Å². The highest BCUT2D eigenvalue weighted by Crippen LogP contribution is 2.20. The number of aliphatic imine (C=N–C) groups is 1. The minimum atomic E-state index is -4.83. The van der Waals surface area contributed by atoms with E-state index in [2.05, 4.69) is 20.7 Å². The van der Waals surface area contributed by atoms with Crippen molar-refractivity contribution >= 4 is 42.1 Å². The van der Waals surface area contributed by atoms with Crippen molar-refractivity contribution in [1.82, 2.24) is 19.9 Å². The predicted molar refractivity (Wildman–Crippen MR) is 122 cm³/mol. The average molecular weight is 531 g/mol. The summed E-state index contributed by atoms with van der Waals surface area (Å²) in [5.74, 6) is 2.23. The van der Waals surface area contributed by atoms with Gasteiger partial charge in [-0.3, -0.25) is 19.1 Å². The first kappa shape index (κ1) is 31.5. The molecule has 0 aromatic carbocycles. The Hall–Kier alpha value is -2.47. The monoisotopic (exact) mass is 530 g/mol. The molecule has 0 aromatic heterocycles. The molecule has 0 aliphatic carbocycles. The van der Waals surface area contributed by atoms with Crippen molar-refractivity contribution in [2.75, 3.05) is 13.1 Å². The van der Waals surface area contributed by atoms with Gasteiger partial charge in [-0.1, -0.05) is 5.09 Å². The molecule has 0 radical (unpaired) electrons. The molecule has 0 heterocycles. The smallest absolute Gasteiger partial charge is 0.480 e. The van der Waals surface area contributed by atoms with Crippen LogP contribution in [0.1, 0.15) is 39.0 Å². The first-order valence-corrected chi connectivity index (χ1v) is 12.6. The molecule has 4 atom stereocenters. The predicted octanol–water partition coefficient (Wildman–Crippen LogP) is -3.16. The topological polar surface area (TPSA) is 299 Å². The van der Waals surface area contributed by atoms with E-state index in [0.29, 0.717) is 19.4 Å². The molecular weight excluding hydrogens is 497 g/mol. The van der Waals surface area contributed by atoms with Gasteiger partial charge in [0.2, 0.25) is 11.8 Å². The van der Waals surface area contributed by atoms with Gasteiger partial charge in [0.05, 0.1) is 6.04 Å². The van der Waals surface area contributed by atoms with Gasteiger partial charge in [0, 0.05) is 13.1 Å². The fourth-order valence-corrected chi connectivity index (χ4v) is 3.81. The van der Waals surface area contributed by atoms with Crippen LogP contribution in [0.2, 0.25) is 0 Å². The van der Waals surface area contributed by atoms with Crippen LogP contribution in [0.3, 0.4) is 0 Å². The number of carbonyl (C=O) groups is 3. The molecule has 13 N–H and O–H groups in total. The number of amides is 2. The number of nitrogens with two attached hydrogens (primary N) is 4. The van der Waals surface area contributed by atoms with E-state index in [0.717, 1.165) is 0 Å². The molecule has 0 aromatic rings. The van der Waals surface area contributed by atoms with Crippen LogP contribution in [-0.4, -0.2) is 77.2 Å². The second-order valence-corrected chi connectivity index (χ2v) is 9.96. The summed E-state index contributed by atoms with van der Waals surface area (Å²) in [4.78, 5) is 39.6. The van der Waals surface area contributed by atoms with Gasteiger partial charge in [0.15, 0.2) is 5.96 Å². The van der Waals surface area contributed by atoms with Gasteiger partial charge >= 0.3 is 24.4 Å². The lowest BCUT2D eigenvalue weighted by Gasteiger charge is -2.20. The molecule has 0 aliphatic heterocycles. The lowest BCUT2D eigenvalue weighted by atomic mass is 10.1. The van der Waals surface area contributed by atoms with Crippen LogP contribution in [0.25, 0.3) is 0 Å². The van der Waals surface area contributed by atoms with Crippen molar-refractivity contribution in [1.29, 1.82) is 0 Å². The van der Waals surface area contributed by atoms with Gasteiger partial charge < -0.3 is 32.9 Å². The normalized spacial score (nSPS) is 14.6. The lowest BCUT2D eigenvalue weighted by molar-refractivity contribution is -0.142. The van der Waals surface area contributed by atoms with Crippen molar-refractivity contribution in [3.63, 3.8) is 0 Å². The van der Waals surface area contributed by atoms with Crippen molar-refractivity contribution < 1.29 is 37.0 Å². The van der Waals surface area contributed by atoms with Crippen LogP contribution >= 0.6 is 8.10 Å². The Kier molecular flexibility index (Phi) is 14.3. The van der Waals surface area contributed by atoms with Crippen molar-refractivity contribution in [2.45, 2.75) is 57.2 Å². The Bertz CT molecular complexity index is 853. The van der Waals surface area contributed by atoms with Gasteiger partial charge in [-0.25, -0.2) is 10.6 Å². The zero-order valence-corrected chi connectivity index (χ0v) is 20.3. The van der Waals surface area contributed by atoms with Gasteiger partial charge in [0.25, 0.3) is 0 Å². The van der Waals surface area contributed by atoms with E-state index in [1.807, 2.05) is 0 Å². The number of carboxylic acid groups (broad SMARTS) is 1. The third-order valence-corrected chi connectivity index (χ3v) is 6.64. The van der Waals surface area contributed by atoms with Gasteiger partial charge in [0.1, 0.15) is 16.3 Å². The van der Waals surface area contributed by atoms with Crippen LogP contribution in [0.15, 0.2) is 4.99 Å². The summed E-state index contributed by atoms with van der Waals surface area (Å²) in [5, 5.41) is 16.2. The summed E-state index contributed by atoms with van der Waals surface area (Å²) in [5.41, 5.74) is 16.1. The van der Waals surface area contributed by atoms with E-state index in [1.54, 1.807) is 0 Å². The zero-order chi connectivity index (χ0) is 26.5. The van der Waals surface area contributed by atoms with E-state index < -0.39 is 54.3 Å². The molecule has 1 unspecified atom stereocenters. The number of hydrazine groups is 1. The maximum Gasteiger partial charge on any atom is 0.567 e. The Morgan fingerprint density at radius 2 is 1.71 bits per heavy atom. The Balaban J connectivity index is 4.45. The molecule has 196 valence electrons. The SMILES string of the molecule is C[C@H](NC(=O)[C@@H](N)CCCN[P+](=O)N(N)S(=O)(=O)O)C(=O)N[C@@H](CCCCN=C(N)N)C(=O)O. The van der Waals surface area contributed by atoms with Crippen molar-refractivity contribution in [3.05, 3.63) is 0 Å². The molecule has 0 saturated carbocycles. The number of nitrogens with zero attached hydrogens (tertiary/aromatic N) is 2.